The first-order chi connectivity index (χ1) is 14.7. The molecule has 1 unspecified atom stereocenters. The zero-order valence-corrected chi connectivity index (χ0v) is 17.7. The van der Waals surface area contributed by atoms with Crippen molar-refractivity contribution in [2.75, 3.05) is 19.6 Å². The highest BCUT2D eigenvalue weighted by Crippen LogP contribution is 2.22. The van der Waals surface area contributed by atoms with Crippen LogP contribution in [0.5, 0.6) is 5.75 Å². The third kappa shape index (κ3) is 6.23. The van der Waals surface area contributed by atoms with Crippen LogP contribution >= 0.6 is 0 Å². The molecule has 1 fully saturated rings. The summed E-state index contributed by atoms with van der Waals surface area (Å²) in [6, 6.07) is 17.9. The SMILES string of the molecule is CC1CCCCN1/C(=N\c1ccc(OCc2ccc(C#N)cc2)cc1)NCCCN. The lowest BCUT2D eigenvalue weighted by molar-refractivity contribution is 0.251. The molecule has 1 saturated heterocycles. The maximum atomic E-state index is 8.88. The van der Waals surface area contributed by atoms with Crippen molar-refractivity contribution in [1.82, 2.24) is 10.2 Å². The quantitative estimate of drug-likeness (QED) is 0.414. The number of piperidine rings is 1. The normalized spacial score (nSPS) is 16.8. The molecule has 6 nitrogen and oxygen atoms in total. The third-order valence-electron chi connectivity index (χ3n) is 5.30. The van der Waals surface area contributed by atoms with Crippen LogP contribution in [0.3, 0.4) is 0 Å². The van der Waals surface area contributed by atoms with Crippen molar-refractivity contribution in [2.24, 2.45) is 10.7 Å². The van der Waals surface area contributed by atoms with Crippen molar-refractivity contribution in [1.29, 1.82) is 5.26 Å². The van der Waals surface area contributed by atoms with E-state index < -0.39 is 0 Å². The predicted molar refractivity (Wildman–Crippen MR) is 121 cm³/mol. The van der Waals surface area contributed by atoms with Gasteiger partial charge in [0, 0.05) is 19.1 Å². The summed E-state index contributed by atoms with van der Waals surface area (Å²) in [7, 11) is 0. The number of rotatable bonds is 7. The van der Waals surface area contributed by atoms with E-state index in [4.69, 9.17) is 20.7 Å². The van der Waals surface area contributed by atoms with Gasteiger partial charge in [0.15, 0.2) is 5.96 Å². The van der Waals surface area contributed by atoms with E-state index in [1.165, 1.54) is 19.3 Å². The van der Waals surface area contributed by atoms with Gasteiger partial charge in [-0.3, -0.25) is 0 Å². The Morgan fingerprint density at radius 1 is 1.20 bits per heavy atom. The fourth-order valence-electron chi connectivity index (χ4n) is 3.50. The van der Waals surface area contributed by atoms with Gasteiger partial charge >= 0.3 is 0 Å². The Kier molecular flexibility index (Phi) is 8.10. The monoisotopic (exact) mass is 405 g/mol. The first kappa shape index (κ1) is 21.7. The Hall–Kier alpha value is -3.04. The minimum absolute atomic E-state index is 0.464. The molecule has 0 aliphatic carbocycles. The molecule has 2 aromatic carbocycles. The zero-order valence-electron chi connectivity index (χ0n) is 17.7. The molecule has 3 rings (SSSR count). The maximum absolute atomic E-state index is 8.88. The molecule has 3 N–H and O–H groups in total. The molecule has 0 bridgehead atoms. The average molecular weight is 406 g/mol. The van der Waals surface area contributed by atoms with E-state index in [0.717, 1.165) is 42.5 Å². The van der Waals surface area contributed by atoms with Crippen molar-refractivity contribution in [3.8, 4) is 11.8 Å². The predicted octanol–water partition coefficient (Wildman–Crippen LogP) is 3.94. The van der Waals surface area contributed by atoms with Gasteiger partial charge in [-0.15, -0.1) is 0 Å². The van der Waals surface area contributed by atoms with Gasteiger partial charge < -0.3 is 20.7 Å². The number of nitrogens with one attached hydrogen (secondary N) is 1. The largest absolute Gasteiger partial charge is 0.489 e. The van der Waals surface area contributed by atoms with E-state index in [2.05, 4.69) is 23.2 Å². The standard InChI is InChI=1S/C24H31N5O/c1-19-5-2-3-16-29(19)24(27-15-4-14-25)28-22-10-12-23(13-11-22)30-18-21-8-6-20(17-26)7-9-21/h6-13,19H,2-5,14-16,18,25H2,1H3,(H,27,28). The maximum Gasteiger partial charge on any atom is 0.199 e. The molecule has 0 radical (unpaired) electrons. The highest BCUT2D eigenvalue weighted by Gasteiger charge is 2.21. The summed E-state index contributed by atoms with van der Waals surface area (Å²) in [5.41, 5.74) is 8.23. The number of nitrogens with two attached hydrogens (primary N) is 1. The zero-order chi connectivity index (χ0) is 21.2. The first-order valence-corrected chi connectivity index (χ1v) is 10.7. The van der Waals surface area contributed by atoms with Crippen LogP contribution in [0, 0.1) is 11.3 Å². The average Bonchev–Trinajstić information content (AvgIpc) is 2.79. The number of hydrogen-bond donors (Lipinski definition) is 2. The Morgan fingerprint density at radius 3 is 2.63 bits per heavy atom. The number of ether oxygens (including phenoxy) is 1. The summed E-state index contributed by atoms with van der Waals surface area (Å²) in [5, 5.41) is 12.4. The molecular weight excluding hydrogens is 374 g/mol. The number of nitrogens with zero attached hydrogens (tertiary/aromatic N) is 3. The molecular formula is C24H31N5O. The van der Waals surface area contributed by atoms with Crippen LogP contribution in [0.2, 0.25) is 0 Å². The molecule has 0 amide bonds. The molecule has 1 aliphatic heterocycles. The molecule has 30 heavy (non-hydrogen) atoms. The van der Waals surface area contributed by atoms with Gasteiger partial charge in [-0.1, -0.05) is 12.1 Å². The van der Waals surface area contributed by atoms with Crippen LogP contribution in [0.25, 0.3) is 0 Å². The summed E-state index contributed by atoms with van der Waals surface area (Å²) in [6.45, 7) is 5.25. The molecule has 2 aromatic rings. The van der Waals surface area contributed by atoms with Crippen LogP contribution in [-0.4, -0.2) is 36.5 Å². The molecule has 0 aromatic heterocycles. The van der Waals surface area contributed by atoms with E-state index >= 15 is 0 Å². The van der Waals surface area contributed by atoms with Crippen molar-refractivity contribution in [2.45, 2.75) is 45.3 Å². The lowest BCUT2D eigenvalue weighted by Crippen LogP contribution is -2.48. The van der Waals surface area contributed by atoms with E-state index in [1.54, 1.807) is 12.1 Å². The Labute approximate surface area is 179 Å². The molecule has 6 heteroatoms. The van der Waals surface area contributed by atoms with E-state index in [1.807, 2.05) is 36.4 Å². The number of benzene rings is 2. The number of aliphatic imine (C=N–C) groups is 1. The Balaban J connectivity index is 1.65. The van der Waals surface area contributed by atoms with Gasteiger partial charge in [-0.2, -0.15) is 5.26 Å². The van der Waals surface area contributed by atoms with Crippen LogP contribution in [-0.2, 0) is 6.61 Å². The topological polar surface area (TPSA) is 86.7 Å². The molecule has 1 aliphatic rings. The van der Waals surface area contributed by atoms with E-state index in [0.29, 0.717) is 24.8 Å². The minimum Gasteiger partial charge on any atom is -0.489 e. The lowest BCUT2D eigenvalue weighted by Gasteiger charge is -2.36. The lowest BCUT2D eigenvalue weighted by atomic mass is 10.0. The second kappa shape index (κ2) is 11.2. The van der Waals surface area contributed by atoms with Crippen molar-refractivity contribution in [3.05, 3.63) is 59.7 Å². The third-order valence-corrected chi connectivity index (χ3v) is 5.30. The van der Waals surface area contributed by atoms with Crippen molar-refractivity contribution in [3.63, 3.8) is 0 Å². The summed E-state index contributed by atoms with van der Waals surface area (Å²) < 4.78 is 5.87. The summed E-state index contributed by atoms with van der Waals surface area (Å²) >= 11 is 0. The van der Waals surface area contributed by atoms with Gasteiger partial charge in [0.1, 0.15) is 12.4 Å². The van der Waals surface area contributed by atoms with Crippen LogP contribution in [0.1, 0.15) is 43.7 Å². The second-order valence-electron chi connectivity index (χ2n) is 7.63. The fraction of sp³-hybridized carbons (Fsp3) is 0.417. The van der Waals surface area contributed by atoms with Crippen LogP contribution < -0.4 is 15.8 Å². The van der Waals surface area contributed by atoms with E-state index in [9.17, 15) is 0 Å². The molecule has 1 heterocycles. The number of likely N-dealkylation sites (tertiary alicyclic amines) is 1. The highest BCUT2D eigenvalue weighted by molar-refractivity contribution is 5.83. The summed E-state index contributed by atoms with van der Waals surface area (Å²) in [4.78, 5) is 7.26. The molecule has 0 saturated carbocycles. The van der Waals surface area contributed by atoms with Crippen molar-refractivity contribution < 1.29 is 4.74 Å². The summed E-state index contributed by atoms with van der Waals surface area (Å²) in [6.07, 6.45) is 4.59. The van der Waals surface area contributed by atoms with E-state index in [-0.39, 0.29) is 0 Å². The van der Waals surface area contributed by atoms with Crippen molar-refractivity contribution >= 4 is 11.6 Å². The Morgan fingerprint density at radius 2 is 1.97 bits per heavy atom. The van der Waals surface area contributed by atoms with Crippen LogP contribution in [0.4, 0.5) is 5.69 Å². The van der Waals surface area contributed by atoms with Gasteiger partial charge in [0.2, 0.25) is 0 Å². The van der Waals surface area contributed by atoms with Gasteiger partial charge in [-0.05, 0) is 81.1 Å². The van der Waals surface area contributed by atoms with Gasteiger partial charge in [0.05, 0.1) is 17.3 Å². The van der Waals surface area contributed by atoms with Crippen LogP contribution in [0.15, 0.2) is 53.5 Å². The number of hydrogen-bond acceptors (Lipinski definition) is 4. The molecule has 0 spiro atoms. The first-order valence-electron chi connectivity index (χ1n) is 10.7. The Bertz CT molecular complexity index is 855. The number of guanidine groups is 1. The molecule has 1 atom stereocenters. The molecule has 158 valence electrons. The highest BCUT2D eigenvalue weighted by atomic mass is 16.5. The smallest absolute Gasteiger partial charge is 0.199 e. The number of nitriles is 1. The minimum atomic E-state index is 0.464. The second-order valence-corrected chi connectivity index (χ2v) is 7.63. The van der Waals surface area contributed by atoms with Gasteiger partial charge in [-0.25, -0.2) is 4.99 Å². The van der Waals surface area contributed by atoms with Gasteiger partial charge in [0.25, 0.3) is 0 Å². The summed E-state index contributed by atoms with van der Waals surface area (Å²) in [5.74, 6) is 1.73. The fourth-order valence-corrected chi connectivity index (χ4v) is 3.50.